The normalized spacial score (nSPS) is 14.2. The largest absolute Gasteiger partial charge is 0.477 e. The summed E-state index contributed by atoms with van der Waals surface area (Å²) in [6, 6.07) is 4.85. The number of hydrogen-bond acceptors (Lipinski definition) is 3. The average Bonchev–Trinajstić information content (AvgIpc) is 3.23. The van der Waals surface area contributed by atoms with Gasteiger partial charge in [-0.25, -0.2) is 9.78 Å². The molecule has 0 unspecified atom stereocenters. The number of carboxylic acid groups (broad SMARTS) is 1. The Hall–Kier alpha value is -1.91. The molecule has 5 nitrogen and oxygen atoms in total. The zero-order valence-electron chi connectivity index (χ0n) is 11.0. The molecule has 1 saturated carbocycles. The summed E-state index contributed by atoms with van der Waals surface area (Å²) in [4.78, 5) is 29.0. The molecule has 0 radical (unpaired) electrons. The molecule has 1 amide bonds. The van der Waals surface area contributed by atoms with Gasteiger partial charge in [0.25, 0.3) is 5.91 Å². The first-order valence-electron chi connectivity index (χ1n) is 6.64. The van der Waals surface area contributed by atoms with Gasteiger partial charge in [-0.1, -0.05) is 19.4 Å². The zero-order valence-corrected chi connectivity index (χ0v) is 11.0. The second-order valence-corrected chi connectivity index (χ2v) is 4.80. The number of carbonyl (C=O) groups excluding carboxylic acids is 1. The molecule has 0 aliphatic heterocycles. The van der Waals surface area contributed by atoms with Crippen LogP contribution in [-0.2, 0) is 0 Å². The van der Waals surface area contributed by atoms with E-state index in [0.29, 0.717) is 6.04 Å². The van der Waals surface area contributed by atoms with Gasteiger partial charge >= 0.3 is 5.97 Å². The van der Waals surface area contributed by atoms with Crippen LogP contribution in [0.3, 0.4) is 0 Å². The standard InChI is InChI=1S/C14H18N2O3/c1-2-3-9-16(10-7-8-10)13(17)11-5-4-6-12(15-11)14(18)19/h4-6,10H,2-3,7-9H2,1H3,(H,18,19). The van der Waals surface area contributed by atoms with Crippen molar-refractivity contribution in [2.24, 2.45) is 0 Å². The Kier molecular flexibility index (Phi) is 4.14. The highest BCUT2D eigenvalue weighted by Crippen LogP contribution is 2.28. The van der Waals surface area contributed by atoms with Crippen molar-refractivity contribution in [3.8, 4) is 0 Å². The molecule has 0 bridgehead atoms. The predicted molar refractivity (Wildman–Crippen MR) is 70.2 cm³/mol. The molecule has 5 heteroatoms. The molecule has 1 aromatic heterocycles. The Labute approximate surface area is 112 Å². The first kappa shape index (κ1) is 13.5. The Morgan fingerprint density at radius 3 is 2.63 bits per heavy atom. The van der Waals surface area contributed by atoms with Crippen molar-refractivity contribution >= 4 is 11.9 Å². The molecule has 0 saturated heterocycles. The summed E-state index contributed by atoms with van der Waals surface area (Å²) in [5.41, 5.74) is 0.139. The SMILES string of the molecule is CCCCN(C(=O)c1cccc(C(=O)O)n1)C1CC1. The first-order chi connectivity index (χ1) is 9.13. The maximum absolute atomic E-state index is 12.4. The molecular formula is C14H18N2O3. The third kappa shape index (κ3) is 3.30. The van der Waals surface area contributed by atoms with Crippen LogP contribution in [-0.4, -0.2) is 39.5 Å². The third-order valence-electron chi connectivity index (χ3n) is 3.19. The van der Waals surface area contributed by atoms with Gasteiger partial charge in [-0.3, -0.25) is 4.79 Å². The van der Waals surface area contributed by atoms with E-state index >= 15 is 0 Å². The van der Waals surface area contributed by atoms with Gasteiger partial charge in [-0.05, 0) is 31.4 Å². The minimum Gasteiger partial charge on any atom is -0.477 e. The Bertz CT molecular complexity index is 483. The van der Waals surface area contributed by atoms with Gasteiger partial charge in [0.2, 0.25) is 0 Å². The fraction of sp³-hybridized carbons (Fsp3) is 0.500. The van der Waals surface area contributed by atoms with Gasteiger partial charge in [0.15, 0.2) is 0 Å². The monoisotopic (exact) mass is 262 g/mol. The summed E-state index contributed by atoms with van der Waals surface area (Å²) < 4.78 is 0. The minimum atomic E-state index is -1.11. The molecule has 19 heavy (non-hydrogen) atoms. The highest BCUT2D eigenvalue weighted by atomic mass is 16.4. The molecule has 1 heterocycles. The summed E-state index contributed by atoms with van der Waals surface area (Å²) >= 11 is 0. The molecule has 1 aromatic rings. The quantitative estimate of drug-likeness (QED) is 0.853. The van der Waals surface area contributed by atoms with Crippen LogP contribution in [0.5, 0.6) is 0 Å². The third-order valence-corrected chi connectivity index (χ3v) is 3.19. The molecule has 1 aliphatic carbocycles. The summed E-state index contributed by atoms with van der Waals surface area (Å²) in [5.74, 6) is -1.26. The van der Waals surface area contributed by atoms with E-state index < -0.39 is 5.97 Å². The second kappa shape index (κ2) is 5.82. The van der Waals surface area contributed by atoms with Gasteiger partial charge in [-0.2, -0.15) is 0 Å². The molecule has 102 valence electrons. The average molecular weight is 262 g/mol. The molecule has 0 atom stereocenters. The topological polar surface area (TPSA) is 70.5 Å². The second-order valence-electron chi connectivity index (χ2n) is 4.80. The van der Waals surface area contributed by atoms with Gasteiger partial charge in [0.05, 0.1) is 0 Å². The van der Waals surface area contributed by atoms with E-state index in [1.807, 2.05) is 4.90 Å². The lowest BCUT2D eigenvalue weighted by molar-refractivity contribution is 0.0689. The fourth-order valence-electron chi connectivity index (χ4n) is 1.98. The van der Waals surface area contributed by atoms with Crippen molar-refractivity contribution in [2.45, 2.75) is 38.6 Å². The maximum Gasteiger partial charge on any atom is 0.354 e. The lowest BCUT2D eigenvalue weighted by Gasteiger charge is -2.21. The van der Waals surface area contributed by atoms with Crippen molar-refractivity contribution in [2.75, 3.05) is 6.54 Å². The van der Waals surface area contributed by atoms with Crippen LogP contribution in [0, 0.1) is 0 Å². The minimum absolute atomic E-state index is 0.0860. The lowest BCUT2D eigenvalue weighted by atomic mass is 10.2. The van der Waals surface area contributed by atoms with Crippen LogP contribution in [0.25, 0.3) is 0 Å². The van der Waals surface area contributed by atoms with Crippen LogP contribution >= 0.6 is 0 Å². The number of carbonyl (C=O) groups is 2. The van der Waals surface area contributed by atoms with Crippen molar-refractivity contribution in [3.05, 3.63) is 29.6 Å². The molecule has 1 fully saturated rings. The fourth-order valence-corrected chi connectivity index (χ4v) is 1.98. The number of unbranched alkanes of at least 4 members (excludes halogenated alkanes) is 1. The predicted octanol–water partition coefficient (Wildman–Crippen LogP) is 2.18. The van der Waals surface area contributed by atoms with Gasteiger partial charge in [0.1, 0.15) is 11.4 Å². The van der Waals surface area contributed by atoms with E-state index in [9.17, 15) is 9.59 Å². The highest BCUT2D eigenvalue weighted by molar-refractivity contribution is 5.94. The van der Waals surface area contributed by atoms with Gasteiger partial charge in [0, 0.05) is 12.6 Å². The van der Waals surface area contributed by atoms with Crippen LogP contribution in [0.1, 0.15) is 53.6 Å². The molecule has 1 aliphatic rings. The summed E-state index contributed by atoms with van der Waals surface area (Å²) in [7, 11) is 0. The van der Waals surface area contributed by atoms with Crippen LogP contribution < -0.4 is 0 Å². The van der Waals surface area contributed by atoms with E-state index in [-0.39, 0.29) is 17.3 Å². The maximum atomic E-state index is 12.4. The number of carboxylic acids is 1. The smallest absolute Gasteiger partial charge is 0.354 e. The van der Waals surface area contributed by atoms with Crippen LogP contribution in [0.4, 0.5) is 0 Å². The first-order valence-corrected chi connectivity index (χ1v) is 6.64. The van der Waals surface area contributed by atoms with Gasteiger partial charge < -0.3 is 10.0 Å². The Morgan fingerprint density at radius 2 is 2.05 bits per heavy atom. The van der Waals surface area contributed by atoms with Gasteiger partial charge in [-0.15, -0.1) is 0 Å². The number of hydrogen-bond donors (Lipinski definition) is 1. The highest BCUT2D eigenvalue weighted by Gasteiger charge is 2.33. The van der Waals surface area contributed by atoms with Crippen molar-refractivity contribution < 1.29 is 14.7 Å². The summed E-state index contributed by atoms with van der Waals surface area (Å²) in [6.07, 6.45) is 4.06. The number of pyridine rings is 1. The van der Waals surface area contributed by atoms with Crippen molar-refractivity contribution in [3.63, 3.8) is 0 Å². The Balaban J connectivity index is 2.16. The number of aromatic nitrogens is 1. The molecule has 0 aromatic carbocycles. The summed E-state index contributed by atoms with van der Waals surface area (Å²) in [6.45, 7) is 2.80. The lowest BCUT2D eigenvalue weighted by Crippen LogP contribution is -2.34. The molecule has 0 spiro atoms. The zero-order chi connectivity index (χ0) is 13.8. The van der Waals surface area contributed by atoms with Crippen LogP contribution in [0.2, 0.25) is 0 Å². The van der Waals surface area contributed by atoms with E-state index in [1.165, 1.54) is 6.07 Å². The van der Waals surface area contributed by atoms with Crippen LogP contribution in [0.15, 0.2) is 18.2 Å². The van der Waals surface area contributed by atoms with E-state index in [4.69, 9.17) is 5.11 Å². The number of amides is 1. The molecule has 2 rings (SSSR count). The summed E-state index contributed by atoms with van der Waals surface area (Å²) in [5, 5.41) is 8.91. The molecule has 1 N–H and O–H groups in total. The number of rotatable bonds is 6. The van der Waals surface area contributed by atoms with E-state index in [1.54, 1.807) is 12.1 Å². The Morgan fingerprint density at radius 1 is 1.37 bits per heavy atom. The number of nitrogens with zero attached hydrogens (tertiary/aromatic N) is 2. The van der Waals surface area contributed by atoms with E-state index in [0.717, 1.165) is 32.2 Å². The van der Waals surface area contributed by atoms with E-state index in [2.05, 4.69) is 11.9 Å². The van der Waals surface area contributed by atoms with Crippen molar-refractivity contribution in [1.82, 2.24) is 9.88 Å². The van der Waals surface area contributed by atoms with Crippen molar-refractivity contribution in [1.29, 1.82) is 0 Å². The number of aromatic carboxylic acids is 1. The molecular weight excluding hydrogens is 244 g/mol.